The molecule has 3 heteroatoms. The third kappa shape index (κ3) is 2.47. The van der Waals surface area contributed by atoms with Crippen LogP contribution in [0.3, 0.4) is 0 Å². The number of hydrogen-bond acceptors (Lipinski definition) is 3. The first kappa shape index (κ1) is 10.4. The maximum Gasteiger partial charge on any atom is 0.160 e. The molecule has 1 saturated heterocycles. The Morgan fingerprint density at radius 3 is 2.21 bits per heavy atom. The van der Waals surface area contributed by atoms with Gasteiger partial charge in [0.15, 0.2) is 6.29 Å². The van der Waals surface area contributed by atoms with Gasteiger partial charge in [0.05, 0.1) is 13.2 Å². The first-order chi connectivity index (χ1) is 6.90. The highest BCUT2D eigenvalue weighted by Crippen LogP contribution is 2.32. The second-order valence-electron chi connectivity index (χ2n) is 4.43. The van der Waals surface area contributed by atoms with Crippen molar-refractivity contribution in [2.75, 3.05) is 19.8 Å². The van der Waals surface area contributed by atoms with E-state index in [1.807, 2.05) is 0 Å². The smallest absolute Gasteiger partial charge is 0.160 e. The molecule has 0 radical (unpaired) electrons. The van der Waals surface area contributed by atoms with Crippen molar-refractivity contribution < 1.29 is 14.6 Å². The lowest BCUT2D eigenvalue weighted by Gasteiger charge is -2.34. The first-order valence-corrected chi connectivity index (χ1v) is 5.74. The molecule has 1 saturated carbocycles. The molecule has 82 valence electrons. The predicted octanol–water partition coefficient (Wildman–Crippen LogP) is 1.55. The molecule has 0 unspecified atom stereocenters. The Labute approximate surface area is 85.4 Å². The number of ether oxygens (including phenoxy) is 2. The molecule has 1 heterocycles. The van der Waals surface area contributed by atoms with Gasteiger partial charge in [0.25, 0.3) is 0 Å². The van der Waals surface area contributed by atoms with E-state index in [-0.39, 0.29) is 6.29 Å². The lowest BCUT2D eigenvalue weighted by atomic mass is 9.82. The van der Waals surface area contributed by atoms with E-state index >= 15 is 0 Å². The van der Waals surface area contributed by atoms with Crippen LogP contribution in [-0.4, -0.2) is 31.2 Å². The van der Waals surface area contributed by atoms with E-state index in [1.54, 1.807) is 0 Å². The van der Waals surface area contributed by atoms with Gasteiger partial charge >= 0.3 is 0 Å². The molecule has 3 nitrogen and oxygen atoms in total. The molecule has 1 N–H and O–H groups in total. The SMILES string of the molecule is OCC1CCC(C2OCCCO2)CC1. The fraction of sp³-hybridized carbons (Fsp3) is 1.00. The van der Waals surface area contributed by atoms with Crippen LogP contribution in [0.4, 0.5) is 0 Å². The summed E-state index contributed by atoms with van der Waals surface area (Å²) in [5.74, 6) is 1.09. The van der Waals surface area contributed by atoms with Crippen molar-refractivity contribution in [2.45, 2.75) is 38.4 Å². The summed E-state index contributed by atoms with van der Waals surface area (Å²) in [4.78, 5) is 0. The zero-order valence-electron chi connectivity index (χ0n) is 8.65. The lowest BCUT2D eigenvalue weighted by Crippen LogP contribution is -2.34. The highest BCUT2D eigenvalue weighted by molar-refractivity contribution is 4.75. The summed E-state index contributed by atoms with van der Waals surface area (Å²) in [5.41, 5.74) is 0. The van der Waals surface area contributed by atoms with Gasteiger partial charge in [0, 0.05) is 12.5 Å². The Bertz CT molecular complexity index is 158. The average Bonchev–Trinajstić information content (AvgIpc) is 2.30. The van der Waals surface area contributed by atoms with Crippen molar-refractivity contribution >= 4 is 0 Å². The van der Waals surface area contributed by atoms with Crippen molar-refractivity contribution in [1.29, 1.82) is 0 Å². The summed E-state index contributed by atoms with van der Waals surface area (Å²) in [6, 6.07) is 0. The molecule has 0 atom stereocenters. The van der Waals surface area contributed by atoms with Crippen LogP contribution in [-0.2, 0) is 9.47 Å². The van der Waals surface area contributed by atoms with Crippen LogP contribution in [0, 0.1) is 11.8 Å². The highest BCUT2D eigenvalue weighted by Gasteiger charge is 2.29. The Morgan fingerprint density at radius 2 is 1.64 bits per heavy atom. The largest absolute Gasteiger partial charge is 0.396 e. The van der Waals surface area contributed by atoms with Crippen molar-refractivity contribution in [3.8, 4) is 0 Å². The van der Waals surface area contributed by atoms with Gasteiger partial charge in [-0.15, -0.1) is 0 Å². The van der Waals surface area contributed by atoms with E-state index in [1.165, 1.54) is 0 Å². The summed E-state index contributed by atoms with van der Waals surface area (Å²) in [6.07, 6.45) is 5.63. The molecular formula is C11H20O3. The zero-order valence-corrected chi connectivity index (χ0v) is 8.65. The second-order valence-corrected chi connectivity index (χ2v) is 4.43. The maximum atomic E-state index is 9.03. The number of aliphatic hydroxyl groups excluding tert-OH is 1. The molecule has 0 aromatic carbocycles. The lowest BCUT2D eigenvalue weighted by molar-refractivity contribution is -0.210. The minimum absolute atomic E-state index is 0.0448. The third-order valence-electron chi connectivity index (χ3n) is 3.39. The summed E-state index contributed by atoms with van der Waals surface area (Å²) < 4.78 is 11.2. The van der Waals surface area contributed by atoms with Crippen molar-refractivity contribution in [3.05, 3.63) is 0 Å². The number of rotatable bonds is 2. The average molecular weight is 200 g/mol. The van der Waals surface area contributed by atoms with Crippen molar-refractivity contribution in [1.82, 2.24) is 0 Å². The maximum absolute atomic E-state index is 9.03. The van der Waals surface area contributed by atoms with E-state index in [4.69, 9.17) is 14.6 Å². The molecule has 0 aromatic heterocycles. The van der Waals surface area contributed by atoms with Gasteiger partial charge in [0.1, 0.15) is 0 Å². The van der Waals surface area contributed by atoms with Crippen LogP contribution in [0.5, 0.6) is 0 Å². The fourth-order valence-electron chi connectivity index (χ4n) is 2.42. The summed E-state index contributed by atoms with van der Waals surface area (Å²) in [7, 11) is 0. The van der Waals surface area contributed by atoms with Crippen LogP contribution >= 0.6 is 0 Å². The van der Waals surface area contributed by atoms with Crippen molar-refractivity contribution in [2.24, 2.45) is 11.8 Å². The van der Waals surface area contributed by atoms with Gasteiger partial charge in [-0.3, -0.25) is 0 Å². The molecule has 1 aliphatic carbocycles. The van der Waals surface area contributed by atoms with Crippen LogP contribution in [0.15, 0.2) is 0 Å². The van der Waals surface area contributed by atoms with Gasteiger partial charge in [-0.2, -0.15) is 0 Å². The van der Waals surface area contributed by atoms with Crippen molar-refractivity contribution in [3.63, 3.8) is 0 Å². The molecule has 14 heavy (non-hydrogen) atoms. The van der Waals surface area contributed by atoms with Crippen LogP contribution in [0.2, 0.25) is 0 Å². The zero-order chi connectivity index (χ0) is 9.80. The molecule has 0 amide bonds. The van der Waals surface area contributed by atoms with E-state index < -0.39 is 0 Å². The van der Waals surface area contributed by atoms with E-state index in [9.17, 15) is 0 Å². The second kappa shape index (κ2) is 5.10. The van der Waals surface area contributed by atoms with Crippen LogP contribution in [0.1, 0.15) is 32.1 Å². The minimum atomic E-state index is 0.0448. The Morgan fingerprint density at radius 1 is 1.00 bits per heavy atom. The molecule has 2 rings (SSSR count). The Hall–Kier alpha value is -0.120. The Kier molecular flexibility index (Phi) is 3.79. The highest BCUT2D eigenvalue weighted by atomic mass is 16.7. The molecule has 0 aromatic rings. The first-order valence-electron chi connectivity index (χ1n) is 5.74. The molecule has 2 aliphatic rings. The topological polar surface area (TPSA) is 38.7 Å². The molecule has 2 fully saturated rings. The summed E-state index contributed by atoms with van der Waals surface area (Å²) in [6.45, 7) is 2.05. The number of hydrogen-bond donors (Lipinski definition) is 1. The van der Waals surface area contributed by atoms with Gasteiger partial charge in [0.2, 0.25) is 0 Å². The predicted molar refractivity (Wildman–Crippen MR) is 52.8 cm³/mol. The minimum Gasteiger partial charge on any atom is -0.396 e. The fourth-order valence-corrected chi connectivity index (χ4v) is 2.42. The summed E-state index contributed by atoms with van der Waals surface area (Å²) in [5, 5.41) is 9.03. The Balaban J connectivity index is 1.76. The standard InChI is InChI=1S/C11H20O3/c12-8-9-2-4-10(5-3-9)11-13-6-1-7-14-11/h9-12H,1-8H2. The van der Waals surface area contributed by atoms with E-state index in [0.717, 1.165) is 45.3 Å². The third-order valence-corrected chi connectivity index (χ3v) is 3.39. The molecular weight excluding hydrogens is 180 g/mol. The molecule has 0 spiro atoms. The van der Waals surface area contributed by atoms with Crippen LogP contribution in [0.25, 0.3) is 0 Å². The molecule has 1 aliphatic heterocycles. The van der Waals surface area contributed by atoms with Gasteiger partial charge in [-0.05, 0) is 38.0 Å². The van der Waals surface area contributed by atoms with Crippen LogP contribution < -0.4 is 0 Å². The summed E-state index contributed by atoms with van der Waals surface area (Å²) >= 11 is 0. The van der Waals surface area contributed by atoms with Gasteiger partial charge < -0.3 is 14.6 Å². The van der Waals surface area contributed by atoms with Gasteiger partial charge in [-0.25, -0.2) is 0 Å². The quantitative estimate of drug-likeness (QED) is 0.735. The van der Waals surface area contributed by atoms with E-state index in [0.29, 0.717) is 18.4 Å². The monoisotopic (exact) mass is 200 g/mol. The molecule has 0 bridgehead atoms. The van der Waals surface area contributed by atoms with E-state index in [2.05, 4.69) is 0 Å². The normalized spacial score (nSPS) is 35.8. The number of aliphatic hydroxyl groups is 1. The van der Waals surface area contributed by atoms with Gasteiger partial charge in [-0.1, -0.05) is 0 Å².